The van der Waals surface area contributed by atoms with E-state index in [1.54, 1.807) is 27.7 Å². The summed E-state index contributed by atoms with van der Waals surface area (Å²) in [4.78, 5) is 11.9. The van der Waals surface area contributed by atoms with Crippen LogP contribution in [0.2, 0.25) is 0 Å². The predicted molar refractivity (Wildman–Crippen MR) is 113 cm³/mol. The summed E-state index contributed by atoms with van der Waals surface area (Å²) >= 11 is 0. The number of alkyl carbamates (subject to hydrolysis) is 1. The van der Waals surface area contributed by atoms with Gasteiger partial charge in [-0.15, -0.1) is 0 Å². The average Bonchev–Trinajstić information content (AvgIpc) is 2.61. The smallest absolute Gasteiger partial charge is 0.407 e. The summed E-state index contributed by atoms with van der Waals surface area (Å²) in [7, 11) is -2.98. The highest BCUT2D eigenvalue weighted by Gasteiger charge is 2.26. The van der Waals surface area contributed by atoms with Crippen LogP contribution in [0.5, 0.6) is 5.75 Å². The molecule has 160 valence electrons. The number of rotatable bonds is 12. The number of amides is 1. The van der Waals surface area contributed by atoms with Gasteiger partial charge in [-0.25, -0.2) is 4.79 Å². The molecule has 1 aromatic rings. The first-order valence-corrected chi connectivity index (χ1v) is 12.0. The van der Waals surface area contributed by atoms with Crippen molar-refractivity contribution in [3.8, 4) is 5.75 Å². The Kier molecular flexibility index (Phi) is 10.6. The summed E-state index contributed by atoms with van der Waals surface area (Å²) < 4.78 is 30.0. The van der Waals surface area contributed by atoms with Crippen LogP contribution in [-0.2, 0) is 13.8 Å². The first-order valence-electron chi connectivity index (χ1n) is 10.0. The van der Waals surface area contributed by atoms with Gasteiger partial charge in [0.1, 0.15) is 11.4 Å². The molecule has 1 unspecified atom stereocenters. The number of nitrogens with one attached hydrogen (secondary N) is 1. The second-order valence-corrected chi connectivity index (χ2v) is 10.6. The summed E-state index contributed by atoms with van der Waals surface area (Å²) in [6.45, 7) is 9.49. The van der Waals surface area contributed by atoms with E-state index in [1.165, 1.54) is 0 Å². The van der Waals surface area contributed by atoms with E-state index in [9.17, 15) is 9.36 Å². The average molecular weight is 413 g/mol. The molecule has 0 saturated carbocycles. The van der Waals surface area contributed by atoms with E-state index in [1.807, 2.05) is 30.3 Å². The molecule has 1 N–H and O–H groups in total. The molecule has 0 saturated heterocycles. The molecule has 0 fully saturated rings. The molecule has 6 nitrogen and oxygen atoms in total. The molecule has 7 heteroatoms. The normalized spacial score (nSPS) is 14.8. The number of hydrogen-bond acceptors (Lipinski definition) is 5. The Morgan fingerprint density at radius 3 is 2.43 bits per heavy atom. The first kappa shape index (κ1) is 24.5. The van der Waals surface area contributed by atoms with E-state index in [2.05, 4.69) is 12.2 Å². The molecular weight excluding hydrogens is 377 g/mol. The van der Waals surface area contributed by atoms with E-state index in [0.29, 0.717) is 11.9 Å². The lowest BCUT2D eigenvalue weighted by Crippen LogP contribution is -2.39. The highest BCUT2D eigenvalue weighted by molar-refractivity contribution is 7.58. The van der Waals surface area contributed by atoms with Crippen molar-refractivity contribution in [3.05, 3.63) is 30.3 Å². The Labute approximate surface area is 169 Å². The van der Waals surface area contributed by atoms with Gasteiger partial charge >= 0.3 is 6.09 Å². The fraction of sp³-hybridized carbons (Fsp3) is 0.667. The van der Waals surface area contributed by atoms with Crippen LogP contribution in [-0.4, -0.2) is 36.9 Å². The molecule has 0 radical (unpaired) electrons. The van der Waals surface area contributed by atoms with Crippen LogP contribution >= 0.6 is 7.37 Å². The molecule has 0 heterocycles. The molecule has 0 bridgehead atoms. The monoisotopic (exact) mass is 413 g/mol. The standard InChI is InChI=1S/C21H36NO5P/c1-6-7-8-12-15-28(24,17-25-19-13-10-9-11-14-19)26-16-18(2)22-20(23)27-21(3,4)5/h9-11,13-14,18H,6-8,12,15-17H2,1-5H3,(H,22,23)/t18-,28?/m1/s1. The Bertz CT molecular complexity index is 615. The fourth-order valence-electron chi connectivity index (χ4n) is 2.43. The zero-order chi connectivity index (χ0) is 21.0. The quantitative estimate of drug-likeness (QED) is 0.346. The van der Waals surface area contributed by atoms with E-state index < -0.39 is 19.1 Å². The minimum absolute atomic E-state index is 0.0301. The first-order chi connectivity index (χ1) is 13.1. The van der Waals surface area contributed by atoms with Gasteiger partial charge in [0.2, 0.25) is 7.37 Å². The molecular formula is C21H36NO5P. The number of carbonyl (C=O) groups excluding carboxylic acids is 1. The summed E-state index contributed by atoms with van der Waals surface area (Å²) in [5.41, 5.74) is -0.567. The summed E-state index contributed by atoms with van der Waals surface area (Å²) in [6, 6.07) is 8.97. The minimum Gasteiger partial charge on any atom is -0.484 e. The van der Waals surface area contributed by atoms with Crippen molar-refractivity contribution in [1.29, 1.82) is 0 Å². The third-order valence-electron chi connectivity index (χ3n) is 3.85. The molecule has 28 heavy (non-hydrogen) atoms. The van der Waals surface area contributed by atoms with Crippen LogP contribution in [0, 0.1) is 0 Å². The van der Waals surface area contributed by atoms with Crippen molar-refractivity contribution < 1.29 is 23.4 Å². The molecule has 0 aliphatic rings. The maximum absolute atomic E-state index is 13.3. The van der Waals surface area contributed by atoms with Crippen molar-refractivity contribution in [2.24, 2.45) is 0 Å². The molecule has 0 spiro atoms. The summed E-state index contributed by atoms with van der Waals surface area (Å²) in [5, 5.41) is 2.71. The van der Waals surface area contributed by atoms with E-state index in [-0.39, 0.29) is 19.0 Å². The number of para-hydroxylation sites is 1. The van der Waals surface area contributed by atoms with Crippen molar-refractivity contribution >= 4 is 13.5 Å². The second-order valence-electron chi connectivity index (χ2n) is 8.03. The molecule has 2 atom stereocenters. The summed E-state index contributed by atoms with van der Waals surface area (Å²) in [5.74, 6) is 0.666. The van der Waals surface area contributed by atoms with Crippen LogP contribution in [0.1, 0.15) is 60.3 Å². The fourth-order valence-corrected chi connectivity index (χ4v) is 4.31. The van der Waals surface area contributed by atoms with Crippen molar-refractivity contribution in [3.63, 3.8) is 0 Å². The van der Waals surface area contributed by atoms with Crippen molar-refractivity contribution in [2.45, 2.75) is 71.9 Å². The minimum atomic E-state index is -2.98. The number of ether oxygens (including phenoxy) is 2. The zero-order valence-electron chi connectivity index (χ0n) is 17.9. The van der Waals surface area contributed by atoms with Gasteiger partial charge in [-0.3, -0.25) is 4.57 Å². The molecule has 1 aromatic carbocycles. The second kappa shape index (κ2) is 12.1. The highest BCUT2D eigenvalue weighted by Crippen LogP contribution is 2.48. The number of hydrogen-bond donors (Lipinski definition) is 1. The Morgan fingerprint density at radius 2 is 1.82 bits per heavy atom. The van der Waals surface area contributed by atoms with Crippen LogP contribution in [0.4, 0.5) is 4.79 Å². The molecule has 1 rings (SSSR count). The van der Waals surface area contributed by atoms with Crippen molar-refractivity contribution in [2.75, 3.05) is 19.1 Å². The van der Waals surface area contributed by atoms with Crippen LogP contribution in [0.15, 0.2) is 30.3 Å². The Morgan fingerprint density at radius 1 is 1.14 bits per heavy atom. The molecule has 1 amide bonds. The molecule has 0 aromatic heterocycles. The van der Waals surface area contributed by atoms with Gasteiger partial charge in [0.25, 0.3) is 0 Å². The lowest BCUT2D eigenvalue weighted by Gasteiger charge is -2.24. The predicted octanol–water partition coefficient (Wildman–Crippen LogP) is 5.81. The van der Waals surface area contributed by atoms with E-state index in [4.69, 9.17) is 14.0 Å². The SMILES string of the molecule is CCCCCCP(=O)(COc1ccccc1)OC[C@@H](C)NC(=O)OC(C)(C)C. The lowest BCUT2D eigenvalue weighted by atomic mass is 10.2. The van der Waals surface area contributed by atoms with Gasteiger partial charge in [0, 0.05) is 6.16 Å². The van der Waals surface area contributed by atoms with Gasteiger partial charge in [-0.1, -0.05) is 44.4 Å². The van der Waals surface area contributed by atoms with Gasteiger partial charge in [-0.05, 0) is 46.2 Å². The number of unbranched alkanes of at least 4 members (excludes halogenated alkanes) is 3. The van der Waals surface area contributed by atoms with Gasteiger partial charge in [0.05, 0.1) is 12.6 Å². The zero-order valence-corrected chi connectivity index (χ0v) is 18.8. The van der Waals surface area contributed by atoms with Gasteiger partial charge < -0.3 is 19.3 Å². The van der Waals surface area contributed by atoms with Crippen LogP contribution in [0.3, 0.4) is 0 Å². The summed E-state index contributed by atoms with van der Waals surface area (Å²) in [6.07, 6.45) is 4.06. The van der Waals surface area contributed by atoms with Crippen LogP contribution < -0.4 is 10.1 Å². The molecule has 0 aliphatic carbocycles. The van der Waals surface area contributed by atoms with E-state index in [0.717, 1.165) is 25.7 Å². The van der Waals surface area contributed by atoms with Crippen LogP contribution in [0.25, 0.3) is 0 Å². The Hall–Kier alpha value is -1.52. The maximum Gasteiger partial charge on any atom is 0.407 e. The lowest BCUT2D eigenvalue weighted by molar-refractivity contribution is 0.0493. The maximum atomic E-state index is 13.3. The number of benzene rings is 1. The Balaban J connectivity index is 2.57. The van der Waals surface area contributed by atoms with Gasteiger partial charge in [0.15, 0.2) is 6.35 Å². The third-order valence-corrected chi connectivity index (χ3v) is 5.99. The topological polar surface area (TPSA) is 73.9 Å². The number of carbonyl (C=O) groups is 1. The highest BCUT2D eigenvalue weighted by atomic mass is 31.2. The third kappa shape index (κ3) is 11.4. The largest absolute Gasteiger partial charge is 0.484 e. The van der Waals surface area contributed by atoms with E-state index >= 15 is 0 Å². The van der Waals surface area contributed by atoms with Gasteiger partial charge in [-0.2, -0.15) is 0 Å². The van der Waals surface area contributed by atoms with Crippen molar-refractivity contribution in [1.82, 2.24) is 5.32 Å². The molecule has 0 aliphatic heterocycles.